The topological polar surface area (TPSA) is 67.2 Å². The summed E-state index contributed by atoms with van der Waals surface area (Å²) in [4.78, 5) is 6.17. The molecule has 1 aromatic carbocycles. The number of hydrogen-bond acceptors (Lipinski definition) is 4. The number of rotatable bonds is 10. The number of thiocarbonyl (C=S) groups is 1. The summed E-state index contributed by atoms with van der Waals surface area (Å²) in [5.41, 5.74) is 1.46. The molecule has 0 aliphatic carbocycles. The third-order valence-corrected chi connectivity index (χ3v) is 6.06. The van der Waals surface area contributed by atoms with Crippen LogP contribution in [0.25, 0.3) is 0 Å². The maximum Gasteiger partial charge on any atom is 0.228 e. The Morgan fingerprint density at radius 1 is 1.28 bits per heavy atom. The lowest BCUT2D eigenvalue weighted by molar-refractivity contribution is 0.423. The highest BCUT2D eigenvalue weighted by molar-refractivity contribution is 7.90. The molecular formula is C21H28N4O2S2. The van der Waals surface area contributed by atoms with Gasteiger partial charge in [-0.2, -0.15) is 0 Å². The van der Waals surface area contributed by atoms with E-state index in [1.807, 2.05) is 36.9 Å². The van der Waals surface area contributed by atoms with Gasteiger partial charge in [0, 0.05) is 19.1 Å². The predicted octanol–water partition coefficient (Wildman–Crippen LogP) is 3.31. The number of hydrogen-bond donors (Lipinski definition) is 1. The van der Waals surface area contributed by atoms with Gasteiger partial charge in [0.2, 0.25) is 15.0 Å². The summed E-state index contributed by atoms with van der Waals surface area (Å²) in [6.45, 7) is 12.8. The number of imidazole rings is 1. The molecule has 0 saturated heterocycles. The molecule has 0 saturated carbocycles. The molecule has 2 rings (SSSR count). The molecule has 1 N–H and O–H groups in total. The Kier molecular flexibility index (Phi) is 8.16. The zero-order valence-electron chi connectivity index (χ0n) is 16.9. The summed E-state index contributed by atoms with van der Waals surface area (Å²) in [5, 5.41) is 3.83. The fraction of sp³-hybridized carbons (Fsp3) is 0.333. The standard InChI is InChI=1S/C21H28N4O2S2/c1-5-12-24(20(28)23-17(3)4)15-19-14-22-21(25(19)13-6-2)29(26,27)16-18-10-8-7-9-11-18/h5-11,14,17H,1-2,12-13,15-16H2,3-4H3,(H,23,28). The quantitative estimate of drug-likeness (QED) is 0.459. The monoisotopic (exact) mass is 432 g/mol. The van der Waals surface area contributed by atoms with E-state index in [9.17, 15) is 8.42 Å². The van der Waals surface area contributed by atoms with Crippen molar-refractivity contribution in [3.8, 4) is 0 Å². The molecule has 0 spiro atoms. The first kappa shape index (κ1) is 22.8. The van der Waals surface area contributed by atoms with E-state index >= 15 is 0 Å². The minimum Gasteiger partial charge on any atom is -0.360 e. The first-order valence-electron chi connectivity index (χ1n) is 9.36. The average Bonchev–Trinajstić information content (AvgIpc) is 3.05. The molecule has 2 aromatic rings. The van der Waals surface area contributed by atoms with Gasteiger partial charge in [0.15, 0.2) is 5.11 Å². The molecule has 0 bridgehead atoms. The molecule has 0 amide bonds. The van der Waals surface area contributed by atoms with Gasteiger partial charge in [-0.05, 0) is 31.6 Å². The van der Waals surface area contributed by atoms with Crippen LogP contribution in [0.3, 0.4) is 0 Å². The predicted molar refractivity (Wildman–Crippen MR) is 121 cm³/mol. The third kappa shape index (κ3) is 6.27. The maximum absolute atomic E-state index is 13.0. The maximum atomic E-state index is 13.0. The van der Waals surface area contributed by atoms with Crippen LogP contribution in [-0.2, 0) is 28.7 Å². The molecule has 0 atom stereocenters. The Morgan fingerprint density at radius 2 is 1.97 bits per heavy atom. The minimum absolute atomic E-state index is 0.0394. The van der Waals surface area contributed by atoms with E-state index in [4.69, 9.17) is 12.2 Å². The Bertz CT molecular complexity index is 950. The van der Waals surface area contributed by atoms with Crippen LogP contribution >= 0.6 is 12.2 Å². The summed E-state index contributed by atoms with van der Waals surface area (Å²) in [7, 11) is -3.62. The van der Waals surface area contributed by atoms with Crippen molar-refractivity contribution in [1.29, 1.82) is 0 Å². The van der Waals surface area contributed by atoms with Crippen LogP contribution in [0, 0.1) is 0 Å². The van der Waals surface area contributed by atoms with Gasteiger partial charge in [0.25, 0.3) is 0 Å². The highest BCUT2D eigenvalue weighted by atomic mass is 32.2. The van der Waals surface area contributed by atoms with E-state index in [0.29, 0.717) is 24.7 Å². The van der Waals surface area contributed by atoms with Crippen molar-refractivity contribution in [3.05, 3.63) is 73.1 Å². The van der Waals surface area contributed by atoms with E-state index in [2.05, 4.69) is 23.5 Å². The van der Waals surface area contributed by atoms with Crippen LogP contribution < -0.4 is 5.32 Å². The lowest BCUT2D eigenvalue weighted by atomic mass is 10.2. The van der Waals surface area contributed by atoms with E-state index in [0.717, 1.165) is 11.3 Å². The molecule has 29 heavy (non-hydrogen) atoms. The molecule has 0 unspecified atom stereocenters. The minimum atomic E-state index is -3.62. The van der Waals surface area contributed by atoms with Gasteiger partial charge in [-0.25, -0.2) is 13.4 Å². The summed E-state index contributed by atoms with van der Waals surface area (Å²) >= 11 is 5.49. The van der Waals surface area contributed by atoms with Gasteiger partial charge in [-0.15, -0.1) is 13.2 Å². The first-order chi connectivity index (χ1) is 13.8. The zero-order chi connectivity index (χ0) is 21.4. The SMILES string of the molecule is C=CCN(Cc1cnc(S(=O)(=O)Cc2ccccc2)n1CC=C)C(=S)NC(C)C. The van der Waals surface area contributed by atoms with Crippen LogP contribution in [0.4, 0.5) is 0 Å². The second-order valence-corrected chi connectivity index (χ2v) is 9.22. The molecule has 0 radical (unpaired) electrons. The van der Waals surface area contributed by atoms with Crippen molar-refractivity contribution >= 4 is 27.2 Å². The molecule has 1 aromatic heterocycles. The fourth-order valence-electron chi connectivity index (χ4n) is 2.86. The van der Waals surface area contributed by atoms with Crippen molar-refractivity contribution in [3.63, 3.8) is 0 Å². The van der Waals surface area contributed by atoms with Crippen molar-refractivity contribution in [2.45, 2.75) is 43.9 Å². The Balaban J connectivity index is 2.34. The van der Waals surface area contributed by atoms with Crippen LogP contribution in [0.15, 0.2) is 67.0 Å². The fourth-order valence-corrected chi connectivity index (χ4v) is 4.73. The first-order valence-corrected chi connectivity index (χ1v) is 11.4. The van der Waals surface area contributed by atoms with E-state index in [-0.39, 0.29) is 17.0 Å². The van der Waals surface area contributed by atoms with Crippen molar-refractivity contribution in [2.75, 3.05) is 6.54 Å². The zero-order valence-corrected chi connectivity index (χ0v) is 18.5. The molecule has 156 valence electrons. The number of nitrogens with zero attached hydrogens (tertiary/aromatic N) is 3. The summed E-state index contributed by atoms with van der Waals surface area (Å²) in [6, 6.07) is 9.27. The van der Waals surface area contributed by atoms with Gasteiger partial charge < -0.3 is 14.8 Å². The molecule has 0 aliphatic heterocycles. The summed E-state index contributed by atoms with van der Waals surface area (Å²) in [6.07, 6.45) is 5.01. The van der Waals surface area contributed by atoms with Crippen molar-refractivity contribution in [2.24, 2.45) is 0 Å². The Labute approximate surface area is 178 Å². The second kappa shape index (κ2) is 10.4. The van der Waals surface area contributed by atoms with Gasteiger partial charge in [-0.1, -0.05) is 42.5 Å². The number of aromatic nitrogens is 2. The average molecular weight is 433 g/mol. The van der Waals surface area contributed by atoms with Gasteiger partial charge in [0.05, 0.1) is 24.2 Å². The molecule has 1 heterocycles. The van der Waals surface area contributed by atoms with Crippen LogP contribution in [-0.4, -0.2) is 40.6 Å². The molecule has 0 aliphatic rings. The summed E-state index contributed by atoms with van der Waals surface area (Å²) < 4.78 is 27.7. The highest BCUT2D eigenvalue weighted by Crippen LogP contribution is 2.19. The van der Waals surface area contributed by atoms with E-state index in [1.165, 1.54) is 0 Å². The Hall–Kier alpha value is -2.45. The largest absolute Gasteiger partial charge is 0.360 e. The number of nitrogens with one attached hydrogen (secondary N) is 1. The lowest BCUT2D eigenvalue weighted by Gasteiger charge is -2.26. The smallest absolute Gasteiger partial charge is 0.228 e. The lowest BCUT2D eigenvalue weighted by Crippen LogP contribution is -2.42. The normalized spacial score (nSPS) is 11.3. The van der Waals surface area contributed by atoms with Crippen LogP contribution in [0.1, 0.15) is 25.1 Å². The molecular weight excluding hydrogens is 404 g/mol. The van der Waals surface area contributed by atoms with E-state index < -0.39 is 9.84 Å². The number of allylic oxidation sites excluding steroid dienone is 1. The van der Waals surface area contributed by atoms with Crippen LogP contribution in [0.5, 0.6) is 0 Å². The van der Waals surface area contributed by atoms with Crippen LogP contribution in [0.2, 0.25) is 0 Å². The second-order valence-electron chi connectivity index (χ2n) is 6.95. The van der Waals surface area contributed by atoms with Crippen molar-refractivity contribution in [1.82, 2.24) is 19.8 Å². The van der Waals surface area contributed by atoms with Crippen molar-refractivity contribution < 1.29 is 8.42 Å². The van der Waals surface area contributed by atoms with E-state index in [1.54, 1.807) is 35.0 Å². The molecule has 8 heteroatoms. The number of sulfone groups is 1. The van der Waals surface area contributed by atoms with Gasteiger partial charge in [-0.3, -0.25) is 0 Å². The third-order valence-electron chi connectivity index (χ3n) is 4.09. The summed E-state index contributed by atoms with van der Waals surface area (Å²) in [5.74, 6) is -0.106. The highest BCUT2D eigenvalue weighted by Gasteiger charge is 2.24. The molecule has 0 fully saturated rings. The number of benzene rings is 1. The van der Waals surface area contributed by atoms with Gasteiger partial charge >= 0.3 is 0 Å². The van der Waals surface area contributed by atoms with Gasteiger partial charge in [0.1, 0.15) is 0 Å². The Morgan fingerprint density at radius 3 is 2.55 bits per heavy atom. The molecule has 6 nitrogen and oxygen atoms in total.